The van der Waals surface area contributed by atoms with E-state index in [9.17, 15) is 0 Å². The molecule has 1 atom stereocenters. The van der Waals surface area contributed by atoms with Crippen LogP contribution in [0.25, 0.3) is 0 Å². The second-order valence-corrected chi connectivity index (χ2v) is 6.85. The van der Waals surface area contributed by atoms with Crippen molar-refractivity contribution in [1.82, 2.24) is 5.32 Å². The Bertz CT molecular complexity index is 625. The standard InChI is InChI=1S/C20H26N2.ClH/c1-20(2)15-22(19-12-8-7-11-17(19)20)18(13-14-21-3)16-9-5-4-6-10-16;/h4-12,18,21H,13-15H2,1-3H3;1H/t18-;/m1./s1. The van der Waals surface area contributed by atoms with Crippen molar-refractivity contribution in [2.45, 2.75) is 31.7 Å². The third-order valence-corrected chi connectivity index (χ3v) is 4.74. The van der Waals surface area contributed by atoms with Crippen molar-refractivity contribution in [3.63, 3.8) is 0 Å². The molecule has 1 N–H and O–H groups in total. The zero-order chi connectivity index (χ0) is 15.6. The monoisotopic (exact) mass is 330 g/mol. The molecule has 124 valence electrons. The van der Waals surface area contributed by atoms with Crippen molar-refractivity contribution in [2.75, 3.05) is 25.0 Å². The van der Waals surface area contributed by atoms with E-state index in [0.717, 1.165) is 19.5 Å². The molecule has 0 bridgehead atoms. The lowest BCUT2D eigenvalue weighted by Crippen LogP contribution is -2.33. The van der Waals surface area contributed by atoms with Gasteiger partial charge in [-0.3, -0.25) is 0 Å². The highest BCUT2D eigenvalue weighted by molar-refractivity contribution is 5.85. The lowest BCUT2D eigenvalue weighted by molar-refractivity contribution is 0.496. The Morgan fingerprint density at radius 2 is 1.70 bits per heavy atom. The summed E-state index contributed by atoms with van der Waals surface area (Å²) in [5.41, 5.74) is 4.49. The van der Waals surface area contributed by atoms with Crippen LogP contribution in [0.3, 0.4) is 0 Å². The lowest BCUT2D eigenvalue weighted by Gasteiger charge is -2.32. The first-order valence-electron chi connectivity index (χ1n) is 8.19. The molecule has 23 heavy (non-hydrogen) atoms. The smallest absolute Gasteiger partial charge is 0.0554 e. The van der Waals surface area contributed by atoms with Crippen LogP contribution in [0.1, 0.15) is 37.4 Å². The van der Waals surface area contributed by atoms with E-state index >= 15 is 0 Å². The van der Waals surface area contributed by atoms with Gasteiger partial charge in [0, 0.05) is 17.6 Å². The zero-order valence-electron chi connectivity index (χ0n) is 14.3. The summed E-state index contributed by atoms with van der Waals surface area (Å²) in [7, 11) is 2.03. The summed E-state index contributed by atoms with van der Waals surface area (Å²) in [5, 5.41) is 3.31. The first-order valence-corrected chi connectivity index (χ1v) is 8.19. The van der Waals surface area contributed by atoms with Crippen LogP contribution >= 0.6 is 12.4 Å². The molecule has 1 aliphatic heterocycles. The van der Waals surface area contributed by atoms with Crippen LogP contribution in [0.4, 0.5) is 5.69 Å². The number of hydrogen-bond donors (Lipinski definition) is 1. The third-order valence-electron chi connectivity index (χ3n) is 4.74. The van der Waals surface area contributed by atoms with Crippen LogP contribution in [-0.4, -0.2) is 20.1 Å². The first kappa shape index (κ1) is 17.8. The van der Waals surface area contributed by atoms with Crippen molar-refractivity contribution in [2.24, 2.45) is 0 Å². The van der Waals surface area contributed by atoms with E-state index in [1.165, 1.54) is 16.8 Å². The molecule has 0 radical (unpaired) electrons. The highest BCUT2D eigenvalue weighted by atomic mass is 35.5. The van der Waals surface area contributed by atoms with Gasteiger partial charge in [0.05, 0.1) is 6.04 Å². The number of halogens is 1. The summed E-state index contributed by atoms with van der Waals surface area (Å²) >= 11 is 0. The minimum Gasteiger partial charge on any atom is -0.363 e. The fraction of sp³-hybridized carbons (Fsp3) is 0.400. The summed E-state index contributed by atoms with van der Waals surface area (Å²) < 4.78 is 0. The molecule has 3 rings (SSSR count). The number of para-hydroxylation sites is 1. The van der Waals surface area contributed by atoms with Crippen LogP contribution in [0.15, 0.2) is 54.6 Å². The average molecular weight is 331 g/mol. The van der Waals surface area contributed by atoms with E-state index in [-0.39, 0.29) is 17.8 Å². The number of nitrogens with one attached hydrogen (secondary N) is 1. The fourth-order valence-electron chi connectivity index (χ4n) is 3.63. The summed E-state index contributed by atoms with van der Waals surface area (Å²) in [6, 6.07) is 20.2. The molecule has 0 aliphatic carbocycles. The van der Waals surface area contributed by atoms with E-state index in [2.05, 4.69) is 78.7 Å². The maximum Gasteiger partial charge on any atom is 0.0554 e. The SMILES string of the molecule is CNCC[C@H](c1ccccc1)N1CC(C)(C)c2ccccc21.Cl. The van der Waals surface area contributed by atoms with Crippen molar-refractivity contribution in [3.8, 4) is 0 Å². The van der Waals surface area contributed by atoms with Gasteiger partial charge in [0.1, 0.15) is 0 Å². The molecule has 2 nitrogen and oxygen atoms in total. The molecule has 3 heteroatoms. The van der Waals surface area contributed by atoms with Gasteiger partial charge in [-0.25, -0.2) is 0 Å². The number of fused-ring (bicyclic) bond motifs is 1. The quantitative estimate of drug-likeness (QED) is 0.864. The second kappa shape index (κ2) is 7.37. The highest BCUT2D eigenvalue weighted by Gasteiger charge is 2.37. The Hall–Kier alpha value is -1.51. The van der Waals surface area contributed by atoms with Gasteiger partial charge < -0.3 is 10.2 Å². The molecule has 0 amide bonds. The minimum atomic E-state index is 0. The molecule has 0 spiro atoms. The molecule has 0 fully saturated rings. The normalized spacial score (nSPS) is 16.6. The molecule has 0 aromatic heterocycles. The molecule has 2 aromatic rings. The third kappa shape index (κ3) is 3.54. The lowest BCUT2D eigenvalue weighted by atomic mass is 9.87. The maximum atomic E-state index is 3.31. The first-order chi connectivity index (χ1) is 10.6. The molecule has 1 heterocycles. The highest BCUT2D eigenvalue weighted by Crippen LogP contribution is 2.44. The van der Waals surface area contributed by atoms with E-state index in [4.69, 9.17) is 0 Å². The molecule has 0 saturated carbocycles. The van der Waals surface area contributed by atoms with E-state index < -0.39 is 0 Å². The Morgan fingerprint density at radius 1 is 1.04 bits per heavy atom. The summed E-state index contributed by atoms with van der Waals surface area (Å²) in [6.07, 6.45) is 1.12. The van der Waals surface area contributed by atoms with Crippen LogP contribution < -0.4 is 10.2 Å². The molecule has 0 saturated heterocycles. The summed E-state index contributed by atoms with van der Waals surface area (Å²) in [5.74, 6) is 0. The van der Waals surface area contributed by atoms with Crippen molar-refractivity contribution in [3.05, 3.63) is 65.7 Å². The molecular formula is C20H27ClN2. The van der Waals surface area contributed by atoms with Crippen molar-refractivity contribution in [1.29, 1.82) is 0 Å². The summed E-state index contributed by atoms with van der Waals surface area (Å²) in [6.45, 7) is 6.81. The second-order valence-electron chi connectivity index (χ2n) is 6.85. The van der Waals surface area contributed by atoms with Gasteiger partial charge in [0.25, 0.3) is 0 Å². The number of rotatable bonds is 5. The Kier molecular flexibility index (Phi) is 5.72. The number of nitrogens with zero attached hydrogens (tertiary/aromatic N) is 1. The van der Waals surface area contributed by atoms with Gasteiger partial charge in [0.2, 0.25) is 0 Å². The number of anilines is 1. The topological polar surface area (TPSA) is 15.3 Å². The van der Waals surface area contributed by atoms with Crippen LogP contribution in [0.2, 0.25) is 0 Å². The van der Waals surface area contributed by atoms with Gasteiger partial charge in [-0.2, -0.15) is 0 Å². The van der Waals surface area contributed by atoms with Crippen molar-refractivity contribution >= 4 is 18.1 Å². The van der Waals surface area contributed by atoms with Crippen molar-refractivity contribution < 1.29 is 0 Å². The van der Waals surface area contributed by atoms with Gasteiger partial charge in [0.15, 0.2) is 0 Å². The van der Waals surface area contributed by atoms with E-state index in [1.54, 1.807) is 0 Å². The zero-order valence-corrected chi connectivity index (χ0v) is 15.1. The Labute approximate surface area is 146 Å². The van der Waals surface area contributed by atoms with E-state index in [0.29, 0.717) is 6.04 Å². The van der Waals surface area contributed by atoms with Crippen LogP contribution in [0.5, 0.6) is 0 Å². The maximum absolute atomic E-state index is 3.31. The van der Waals surface area contributed by atoms with Gasteiger partial charge >= 0.3 is 0 Å². The fourth-order valence-corrected chi connectivity index (χ4v) is 3.63. The average Bonchev–Trinajstić information content (AvgIpc) is 2.81. The van der Waals surface area contributed by atoms with Gasteiger partial charge in [-0.05, 0) is 37.2 Å². The molecule has 2 aromatic carbocycles. The minimum absolute atomic E-state index is 0. The Morgan fingerprint density at radius 3 is 2.39 bits per heavy atom. The Balaban J connectivity index is 0.00000192. The number of benzene rings is 2. The molecular weight excluding hydrogens is 304 g/mol. The van der Waals surface area contributed by atoms with E-state index in [1.807, 2.05) is 7.05 Å². The van der Waals surface area contributed by atoms with Gasteiger partial charge in [-0.1, -0.05) is 62.4 Å². The molecule has 0 unspecified atom stereocenters. The van der Waals surface area contributed by atoms with Gasteiger partial charge in [-0.15, -0.1) is 12.4 Å². The van der Waals surface area contributed by atoms with Crippen LogP contribution in [-0.2, 0) is 5.41 Å². The largest absolute Gasteiger partial charge is 0.363 e. The molecule has 1 aliphatic rings. The summed E-state index contributed by atoms with van der Waals surface area (Å²) in [4.78, 5) is 2.60. The number of hydrogen-bond acceptors (Lipinski definition) is 2. The predicted molar refractivity (Wildman–Crippen MR) is 102 cm³/mol. The predicted octanol–water partition coefficient (Wildman–Crippen LogP) is 4.56. The van der Waals surface area contributed by atoms with Crippen LogP contribution in [0, 0.1) is 0 Å².